The Balaban J connectivity index is 2.02. The molecule has 106 valence electrons. The Morgan fingerprint density at radius 1 is 1.32 bits per heavy atom. The van der Waals surface area contributed by atoms with Crippen LogP contribution in [0.1, 0.15) is 39.2 Å². The Hall–Kier alpha value is -1.02. The van der Waals surface area contributed by atoms with E-state index in [1.54, 1.807) is 0 Å². The summed E-state index contributed by atoms with van der Waals surface area (Å²) in [6, 6.07) is 10.2. The van der Waals surface area contributed by atoms with E-state index in [1.165, 1.54) is 24.1 Å². The smallest absolute Gasteiger partial charge is 0.0371 e. The van der Waals surface area contributed by atoms with Crippen LogP contribution in [0.4, 0.5) is 5.69 Å². The van der Waals surface area contributed by atoms with E-state index in [1.807, 2.05) is 0 Å². The summed E-state index contributed by atoms with van der Waals surface area (Å²) in [5.74, 6) is 0.808. The number of aryl methyl sites for hydroxylation is 1. The van der Waals surface area contributed by atoms with Gasteiger partial charge in [0, 0.05) is 30.9 Å². The van der Waals surface area contributed by atoms with E-state index in [0.717, 1.165) is 25.0 Å². The van der Waals surface area contributed by atoms with Gasteiger partial charge in [0.1, 0.15) is 0 Å². The molecule has 0 bridgehead atoms. The lowest BCUT2D eigenvalue weighted by Crippen LogP contribution is -2.51. The highest BCUT2D eigenvalue weighted by molar-refractivity contribution is 5.50. The van der Waals surface area contributed by atoms with E-state index in [2.05, 4.69) is 62.2 Å². The van der Waals surface area contributed by atoms with E-state index in [9.17, 15) is 0 Å². The van der Waals surface area contributed by atoms with Gasteiger partial charge in [-0.25, -0.2) is 0 Å². The van der Waals surface area contributed by atoms with Crippen molar-refractivity contribution >= 4 is 5.69 Å². The molecular weight excluding hydrogens is 232 g/mol. The summed E-state index contributed by atoms with van der Waals surface area (Å²) in [7, 11) is 0. The first-order valence-electron chi connectivity index (χ1n) is 7.68. The van der Waals surface area contributed by atoms with Crippen molar-refractivity contribution in [1.82, 2.24) is 5.32 Å². The molecule has 0 spiro atoms. The standard InChI is InChI=1S/C17H28N2/c1-5-19(16-8-6-7-14(4)11-16)17-10-9-15(17)12-18-13(2)3/h6-8,11,13,15,17-18H,5,9-10,12H2,1-4H3. The first-order valence-corrected chi connectivity index (χ1v) is 7.68. The zero-order valence-electron chi connectivity index (χ0n) is 12.8. The van der Waals surface area contributed by atoms with Crippen LogP contribution in [0.5, 0.6) is 0 Å². The number of hydrogen-bond donors (Lipinski definition) is 1. The van der Waals surface area contributed by atoms with Gasteiger partial charge in [0.15, 0.2) is 0 Å². The van der Waals surface area contributed by atoms with Gasteiger partial charge in [0.05, 0.1) is 0 Å². The lowest BCUT2D eigenvalue weighted by Gasteiger charge is -2.46. The quantitative estimate of drug-likeness (QED) is 0.841. The van der Waals surface area contributed by atoms with Crippen molar-refractivity contribution in [3.63, 3.8) is 0 Å². The second-order valence-electron chi connectivity index (χ2n) is 6.09. The van der Waals surface area contributed by atoms with Gasteiger partial charge in [-0.05, 0) is 50.3 Å². The van der Waals surface area contributed by atoms with Crippen LogP contribution in [0.3, 0.4) is 0 Å². The molecule has 2 nitrogen and oxygen atoms in total. The summed E-state index contributed by atoms with van der Waals surface area (Å²) in [6.45, 7) is 11.2. The molecule has 2 heteroatoms. The maximum atomic E-state index is 3.59. The number of anilines is 1. The summed E-state index contributed by atoms with van der Waals surface area (Å²) in [5.41, 5.74) is 2.74. The molecule has 0 radical (unpaired) electrons. The van der Waals surface area contributed by atoms with Gasteiger partial charge in [-0.3, -0.25) is 0 Å². The molecule has 2 atom stereocenters. The Labute approximate surface area is 118 Å². The minimum absolute atomic E-state index is 0.593. The second-order valence-corrected chi connectivity index (χ2v) is 6.09. The van der Waals surface area contributed by atoms with Gasteiger partial charge in [-0.2, -0.15) is 0 Å². The number of nitrogens with zero attached hydrogens (tertiary/aromatic N) is 1. The lowest BCUT2D eigenvalue weighted by atomic mass is 9.78. The molecule has 2 rings (SSSR count). The molecule has 19 heavy (non-hydrogen) atoms. The zero-order valence-corrected chi connectivity index (χ0v) is 12.8. The van der Waals surface area contributed by atoms with Gasteiger partial charge in [-0.15, -0.1) is 0 Å². The molecule has 0 heterocycles. The minimum atomic E-state index is 0.593. The van der Waals surface area contributed by atoms with Crippen molar-refractivity contribution in [2.75, 3.05) is 18.0 Å². The number of nitrogens with one attached hydrogen (secondary N) is 1. The first kappa shape index (κ1) is 14.4. The maximum absolute atomic E-state index is 3.59. The molecule has 1 aliphatic carbocycles. The molecule has 1 aromatic rings. The van der Waals surface area contributed by atoms with Crippen LogP contribution < -0.4 is 10.2 Å². The van der Waals surface area contributed by atoms with E-state index < -0.39 is 0 Å². The third kappa shape index (κ3) is 3.50. The molecule has 0 amide bonds. The van der Waals surface area contributed by atoms with Crippen LogP contribution in [-0.4, -0.2) is 25.2 Å². The number of rotatable bonds is 6. The van der Waals surface area contributed by atoms with Gasteiger partial charge in [-0.1, -0.05) is 26.0 Å². The van der Waals surface area contributed by atoms with Crippen molar-refractivity contribution < 1.29 is 0 Å². The summed E-state index contributed by atoms with van der Waals surface area (Å²) in [6.07, 6.45) is 2.71. The lowest BCUT2D eigenvalue weighted by molar-refractivity contribution is 0.230. The molecular formula is C17H28N2. The van der Waals surface area contributed by atoms with E-state index in [0.29, 0.717) is 6.04 Å². The Morgan fingerprint density at radius 3 is 2.63 bits per heavy atom. The topological polar surface area (TPSA) is 15.3 Å². The zero-order chi connectivity index (χ0) is 13.8. The van der Waals surface area contributed by atoms with E-state index in [-0.39, 0.29) is 0 Å². The maximum Gasteiger partial charge on any atom is 0.0371 e. The average molecular weight is 260 g/mol. The summed E-state index contributed by atoms with van der Waals surface area (Å²) < 4.78 is 0. The van der Waals surface area contributed by atoms with Crippen molar-refractivity contribution in [2.24, 2.45) is 5.92 Å². The highest BCUT2D eigenvalue weighted by Gasteiger charge is 2.34. The summed E-state index contributed by atoms with van der Waals surface area (Å²) in [4.78, 5) is 2.59. The summed E-state index contributed by atoms with van der Waals surface area (Å²) in [5, 5.41) is 3.59. The van der Waals surface area contributed by atoms with Crippen LogP contribution >= 0.6 is 0 Å². The monoisotopic (exact) mass is 260 g/mol. The van der Waals surface area contributed by atoms with Crippen molar-refractivity contribution in [1.29, 1.82) is 0 Å². The van der Waals surface area contributed by atoms with Crippen molar-refractivity contribution in [3.05, 3.63) is 29.8 Å². The molecule has 1 N–H and O–H groups in total. The van der Waals surface area contributed by atoms with Crippen LogP contribution in [0.25, 0.3) is 0 Å². The van der Waals surface area contributed by atoms with Crippen LogP contribution in [0, 0.1) is 12.8 Å². The first-order chi connectivity index (χ1) is 9.11. The predicted molar refractivity (Wildman–Crippen MR) is 83.8 cm³/mol. The fourth-order valence-electron chi connectivity index (χ4n) is 3.00. The van der Waals surface area contributed by atoms with Gasteiger partial charge < -0.3 is 10.2 Å². The SMILES string of the molecule is CCN(c1cccc(C)c1)C1CCC1CNC(C)C. The van der Waals surface area contributed by atoms with Crippen LogP contribution in [0.15, 0.2) is 24.3 Å². The number of hydrogen-bond acceptors (Lipinski definition) is 2. The largest absolute Gasteiger partial charge is 0.368 e. The van der Waals surface area contributed by atoms with Crippen LogP contribution in [-0.2, 0) is 0 Å². The Kier molecular flexibility index (Phi) is 4.87. The molecule has 0 aromatic heterocycles. The number of benzene rings is 1. The van der Waals surface area contributed by atoms with Gasteiger partial charge in [0.25, 0.3) is 0 Å². The molecule has 1 aromatic carbocycles. The minimum Gasteiger partial charge on any atom is -0.368 e. The van der Waals surface area contributed by atoms with Gasteiger partial charge in [0.2, 0.25) is 0 Å². The normalized spacial score (nSPS) is 22.4. The molecule has 1 aliphatic rings. The highest BCUT2D eigenvalue weighted by atomic mass is 15.2. The summed E-state index contributed by atoms with van der Waals surface area (Å²) >= 11 is 0. The molecule has 1 saturated carbocycles. The van der Waals surface area contributed by atoms with E-state index in [4.69, 9.17) is 0 Å². The fourth-order valence-corrected chi connectivity index (χ4v) is 3.00. The van der Waals surface area contributed by atoms with E-state index >= 15 is 0 Å². The third-order valence-electron chi connectivity index (χ3n) is 4.24. The fraction of sp³-hybridized carbons (Fsp3) is 0.647. The van der Waals surface area contributed by atoms with Crippen LogP contribution in [0.2, 0.25) is 0 Å². The highest BCUT2D eigenvalue weighted by Crippen LogP contribution is 2.34. The Bertz CT molecular complexity index is 400. The molecule has 2 unspecified atom stereocenters. The third-order valence-corrected chi connectivity index (χ3v) is 4.24. The van der Waals surface area contributed by atoms with Crippen molar-refractivity contribution in [2.45, 2.75) is 52.6 Å². The average Bonchev–Trinajstić information content (AvgIpc) is 2.34. The molecule has 0 aliphatic heterocycles. The predicted octanol–water partition coefficient (Wildman–Crippen LogP) is 3.60. The van der Waals surface area contributed by atoms with Gasteiger partial charge >= 0.3 is 0 Å². The molecule has 0 saturated heterocycles. The Morgan fingerprint density at radius 2 is 2.11 bits per heavy atom. The molecule has 1 fully saturated rings. The van der Waals surface area contributed by atoms with Crippen molar-refractivity contribution in [3.8, 4) is 0 Å². The second kappa shape index (κ2) is 6.42.